The van der Waals surface area contributed by atoms with Crippen molar-refractivity contribution in [3.63, 3.8) is 0 Å². The molecule has 3 saturated heterocycles. The summed E-state index contributed by atoms with van der Waals surface area (Å²) in [5.41, 5.74) is 8.12. The lowest BCUT2D eigenvalue weighted by molar-refractivity contribution is -0.139. The minimum atomic E-state index is -0.509. The van der Waals surface area contributed by atoms with Gasteiger partial charge < -0.3 is 20.3 Å². The van der Waals surface area contributed by atoms with Crippen LogP contribution in [0.25, 0.3) is 0 Å². The van der Waals surface area contributed by atoms with Crippen LogP contribution in [0, 0.1) is 11.8 Å². The van der Waals surface area contributed by atoms with Crippen LogP contribution in [-0.2, 0) is 14.3 Å². The van der Waals surface area contributed by atoms with Crippen molar-refractivity contribution in [1.82, 2.24) is 9.80 Å². The van der Waals surface area contributed by atoms with Gasteiger partial charge >= 0.3 is 0 Å². The Morgan fingerprint density at radius 2 is 1.82 bits per heavy atom. The Morgan fingerprint density at radius 1 is 1.08 bits per heavy atom. The van der Waals surface area contributed by atoms with E-state index in [1.807, 2.05) is 12.1 Å². The third-order valence-electron chi connectivity index (χ3n) is 9.40. The van der Waals surface area contributed by atoms with Crippen LogP contribution in [0.4, 0.5) is 5.69 Å². The highest BCUT2D eigenvalue weighted by Gasteiger charge is 2.53. The maximum Gasteiger partial charge on any atom is 0.249 e. The van der Waals surface area contributed by atoms with Gasteiger partial charge in [0, 0.05) is 49.9 Å². The van der Waals surface area contributed by atoms with Crippen LogP contribution in [0.3, 0.4) is 0 Å². The predicted molar refractivity (Wildman–Crippen MR) is 147 cm³/mol. The SMILES string of the molecule is CCCN1CCN(c2ccc(C(N)=O)c([C@@H](C(=O)N3C[C@H](CC)[C@H]4OCC(=O)[C@H]43)C3CCCCC3)c2)CC1. The molecule has 4 atom stereocenters. The number of likely N-dealkylation sites (tertiary alicyclic amines) is 1. The van der Waals surface area contributed by atoms with Crippen LogP contribution in [0.15, 0.2) is 18.2 Å². The van der Waals surface area contributed by atoms with Crippen LogP contribution in [0.1, 0.15) is 80.6 Å². The third-order valence-corrected chi connectivity index (χ3v) is 9.40. The topological polar surface area (TPSA) is 96.2 Å². The van der Waals surface area contributed by atoms with Gasteiger partial charge in [0.1, 0.15) is 12.6 Å². The lowest BCUT2D eigenvalue weighted by Gasteiger charge is -2.37. The summed E-state index contributed by atoms with van der Waals surface area (Å²) in [4.78, 5) is 46.7. The molecule has 38 heavy (non-hydrogen) atoms. The molecule has 4 aliphatic rings. The van der Waals surface area contributed by atoms with E-state index in [4.69, 9.17) is 10.5 Å². The number of benzene rings is 1. The highest BCUT2D eigenvalue weighted by Crippen LogP contribution is 2.43. The molecule has 4 fully saturated rings. The molecular weight excluding hydrogens is 480 g/mol. The number of rotatable bonds is 8. The second-order valence-electron chi connectivity index (χ2n) is 11.7. The first-order valence-corrected chi connectivity index (χ1v) is 14.8. The summed E-state index contributed by atoms with van der Waals surface area (Å²) in [5, 5.41) is 0. The molecule has 0 spiro atoms. The zero-order valence-corrected chi connectivity index (χ0v) is 23.1. The number of primary amides is 1. The number of carbonyl (C=O) groups is 3. The second-order valence-corrected chi connectivity index (χ2v) is 11.7. The molecule has 1 saturated carbocycles. The van der Waals surface area contributed by atoms with Gasteiger partial charge in [0.15, 0.2) is 5.78 Å². The maximum absolute atomic E-state index is 14.5. The largest absolute Gasteiger partial charge is 0.369 e. The Balaban J connectivity index is 1.50. The summed E-state index contributed by atoms with van der Waals surface area (Å²) in [7, 11) is 0. The summed E-state index contributed by atoms with van der Waals surface area (Å²) in [6, 6.07) is 5.35. The zero-order valence-electron chi connectivity index (χ0n) is 23.1. The molecule has 0 bridgehead atoms. The van der Waals surface area contributed by atoms with Gasteiger partial charge in [-0.1, -0.05) is 33.1 Å². The van der Waals surface area contributed by atoms with E-state index in [1.54, 1.807) is 4.90 Å². The smallest absolute Gasteiger partial charge is 0.249 e. The van der Waals surface area contributed by atoms with Crippen molar-refractivity contribution in [3.05, 3.63) is 29.3 Å². The van der Waals surface area contributed by atoms with Crippen molar-refractivity contribution >= 4 is 23.3 Å². The van der Waals surface area contributed by atoms with E-state index in [9.17, 15) is 14.4 Å². The molecule has 0 aromatic heterocycles. The number of nitrogens with two attached hydrogens (primary N) is 1. The number of amides is 2. The number of anilines is 1. The van der Waals surface area contributed by atoms with E-state index in [0.717, 1.165) is 82.5 Å². The van der Waals surface area contributed by atoms with Crippen molar-refractivity contribution < 1.29 is 19.1 Å². The number of piperazine rings is 1. The first-order chi connectivity index (χ1) is 18.4. The van der Waals surface area contributed by atoms with Gasteiger partial charge in [0.2, 0.25) is 11.8 Å². The van der Waals surface area contributed by atoms with E-state index in [0.29, 0.717) is 12.1 Å². The quantitative estimate of drug-likeness (QED) is 0.561. The van der Waals surface area contributed by atoms with Gasteiger partial charge in [-0.15, -0.1) is 0 Å². The van der Waals surface area contributed by atoms with Crippen molar-refractivity contribution in [1.29, 1.82) is 0 Å². The Hall–Kier alpha value is -2.45. The molecule has 1 aromatic rings. The molecule has 8 heteroatoms. The zero-order chi connectivity index (χ0) is 26.8. The van der Waals surface area contributed by atoms with Crippen LogP contribution < -0.4 is 10.6 Å². The Labute approximate surface area is 226 Å². The summed E-state index contributed by atoms with van der Waals surface area (Å²) in [6.45, 7) is 9.86. The van der Waals surface area contributed by atoms with E-state index in [-0.39, 0.29) is 36.2 Å². The van der Waals surface area contributed by atoms with Crippen LogP contribution in [-0.4, -0.2) is 85.4 Å². The molecule has 3 aliphatic heterocycles. The van der Waals surface area contributed by atoms with E-state index < -0.39 is 17.9 Å². The van der Waals surface area contributed by atoms with Crippen molar-refractivity contribution in [2.75, 3.05) is 50.8 Å². The highest BCUT2D eigenvalue weighted by atomic mass is 16.5. The van der Waals surface area contributed by atoms with E-state index in [2.05, 4.69) is 29.7 Å². The van der Waals surface area contributed by atoms with E-state index in [1.165, 1.54) is 6.42 Å². The Kier molecular flexibility index (Phi) is 8.38. The molecule has 0 radical (unpaired) electrons. The standard InChI is InChI=1S/C30H44N4O4/c1-3-12-32-13-15-33(16-14-32)22-10-11-23(29(31)36)24(17-22)26(21-8-6-5-7-9-21)30(37)34-18-20(4-2)28-27(34)25(35)19-38-28/h10-11,17,20-21,26-28H,3-9,12-16,18-19H2,1-2H3,(H2,31,36)/t20-,26-,27+,28+/m0/s1. The number of Topliss-reactive ketones (excluding diaryl/α,β-unsaturated/α-hetero) is 1. The Bertz CT molecular complexity index is 1030. The summed E-state index contributed by atoms with van der Waals surface area (Å²) in [5.74, 6) is -0.737. The molecule has 208 valence electrons. The van der Waals surface area contributed by atoms with Gasteiger partial charge in [-0.2, -0.15) is 0 Å². The lowest BCUT2D eigenvalue weighted by atomic mass is 9.74. The van der Waals surface area contributed by atoms with Crippen LogP contribution >= 0.6 is 0 Å². The number of hydrogen-bond donors (Lipinski definition) is 1. The molecule has 1 aliphatic carbocycles. The van der Waals surface area contributed by atoms with Crippen molar-refractivity contribution in [2.45, 2.75) is 76.9 Å². The number of ketones is 1. The van der Waals surface area contributed by atoms with E-state index >= 15 is 0 Å². The number of carbonyl (C=O) groups excluding carboxylic acids is 3. The van der Waals surface area contributed by atoms with Crippen LogP contribution in [0.5, 0.6) is 0 Å². The molecule has 2 N–H and O–H groups in total. The van der Waals surface area contributed by atoms with Gasteiger partial charge in [0.25, 0.3) is 0 Å². The highest BCUT2D eigenvalue weighted by molar-refractivity contribution is 5.99. The molecule has 8 nitrogen and oxygen atoms in total. The molecule has 5 rings (SSSR count). The normalized spacial score (nSPS) is 27.5. The first kappa shape index (κ1) is 27.1. The summed E-state index contributed by atoms with van der Waals surface area (Å²) in [6.07, 6.45) is 6.99. The second kappa shape index (κ2) is 11.7. The predicted octanol–water partition coefficient (Wildman–Crippen LogP) is 3.19. The monoisotopic (exact) mass is 524 g/mol. The molecule has 3 heterocycles. The molecular formula is C30H44N4O4. The number of nitrogens with zero attached hydrogens (tertiary/aromatic N) is 3. The number of fused-ring (bicyclic) bond motifs is 1. The van der Waals surface area contributed by atoms with Gasteiger partial charge in [-0.25, -0.2) is 0 Å². The Morgan fingerprint density at radius 3 is 2.47 bits per heavy atom. The lowest BCUT2D eigenvalue weighted by Crippen LogP contribution is -2.47. The van der Waals surface area contributed by atoms with Crippen molar-refractivity contribution in [3.8, 4) is 0 Å². The fraction of sp³-hybridized carbons (Fsp3) is 0.700. The fourth-order valence-corrected chi connectivity index (χ4v) is 7.35. The maximum atomic E-state index is 14.5. The minimum Gasteiger partial charge on any atom is -0.369 e. The molecule has 2 amide bonds. The number of ether oxygens (including phenoxy) is 1. The number of hydrogen-bond acceptors (Lipinski definition) is 6. The average Bonchev–Trinajstić information content (AvgIpc) is 3.50. The van der Waals surface area contributed by atoms with Gasteiger partial charge in [0.05, 0.1) is 12.0 Å². The summed E-state index contributed by atoms with van der Waals surface area (Å²) < 4.78 is 5.86. The first-order valence-electron chi connectivity index (χ1n) is 14.8. The van der Waals surface area contributed by atoms with Crippen molar-refractivity contribution in [2.24, 2.45) is 17.6 Å². The minimum absolute atomic E-state index is 0.00415. The summed E-state index contributed by atoms with van der Waals surface area (Å²) >= 11 is 0. The fourth-order valence-electron chi connectivity index (χ4n) is 7.35. The van der Waals surface area contributed by atoms with Gasteiger partial charge in [-0.3, -0.25) is 19.3 Å². The average molecular weight is 525 g/mol. The van der Waals surface area contributed by atoms with Crippen LogP contribution in [0.2, 0.25) is 0 Å². The molecule has 1 aromatic carbocycles. The van der Waals surface area contributed by atoms with Gasteiger partial charge in [-0.05, 0) is 61.9 Å². The third kappa shape index (κ3) is 5.22. The molecule has 0 unspecified atom stereocenters.